The van der Waals surface area contributed by atoms with Gasteiger partial charge in [-0.3, -0.25) is 0 Å². The third-order valence-corrected chi connectivity index (χ3v) is 4.67. The minimum atomic E-state index is -3.67. The molecule has 0 aliphatic rings. The minimum Gasteiger partial charge on any atom is -0.465 e. The fraction of sp³-hybridized carbons (Fsp3) is 0.167. The number of ether oxygens (including phenoxy) is 1. The second kappa shape index (κ2) is 7.90. The third kappa shape index (κ3) is 6.29. The number of rotatable bonds is 4. The van der Waals surface area contributed by atoms with Gasteiger partial charge in [0.15, 0.2) is 0 Å². The van der Waals surface area contributed by atoms with Crippen molar-refractivity contribution in [2.75, 3.05) is 7.11 Å². The fourth-order valence-electron chi connectivity index (χ4n) is 1.40. The number of nitrogens with two attached hydrogens (primary N) is 2. The molecule has 2 rings (SSSR count). The van der Waals surface area contributed by atoms with E-state index in [4.69, 9.17) is 31.0 Å². The topological polar surface area (TPSA) is 143 Å². The summed E-state index contributed by atoms with van der Waals surface area (Å²) >= 11 is 5.55. The van der Waals surface area contributed by atoms with E-state index in [0.717, 1.165) is 6.26 Å². The van der Waals surface area contributed by atoms with E-state index in [1.165, 1.54) is 25.3 Å². The van der Waals surface area contributed by atoms with Crippen LogP contribution in [0.5, 0.6) is 0 Å². The summed E-state index contributed by atoms with van der Waals surface area (Å²) in [7, 11) is -5.83. The predicted octanol–water partition coefficient (Wildman–Crippen LogP) is 1.06. The van der Waals surface area contributed by atoms with Gasteiger partial charge < -0.3 is 9.15 Å². The van der Waals surface area contributed by atoms with Crippen LogP contribution >= 0.6 is 11.6 Å². The van der Waals surface area contributed by atoms with E-state index in [-0.39, 0.29) is 21.4 Å². The van der Waals surface area contributed by atoms with E-state index >= 15 is 0 Å². The van der Waals surface area contributed by atoms with Gasteiger partial charge in [-0.25, -0.2) is 27.1 Å². The van der Waals surface area contributed by atoms with Gasteiger partial charge in [-0.1, -0.05) is 23.7 Å². The first-order chi connectivity index (χ1) is 10.6. The molecule has 0 bridgehead atoms. The molecule has 11 heteroatoms. The molecule has 0 radical (unpaired) electrons. The van der Waals surface area contributed by atoms with Crippen molar-refractivity contribution >= 4 is 31.6 Å². The minimum absolute atomic E-state index is 0.0328. The van der Waals surface area contributed by atoms with Crippen LogP contribution in [-0.2, 0) is 31.4 Å². The van der Waals surface area contributed by atoms with E-state index in [1.54, 1.807) is 12.1 Å². The number of hydrogen-bond acceptors (Lipinski definition) is 6. The summed E-state index contributed by atoms with van der Waals surface area (Å²) in [5.74, 6) is 0.432. The second-order valence-corrected chi connectivity index (χ2v) is 7.70. The lowest BCUT2D eigenvalue weighted by molar-refractivity contribution is 0.164. The predicted molar refractivity (Wildman–Crippen MR) is 83.6 cm³/mol. The average molecular weight is 383 g/mol. The molecule has 0 atom stereocenters. The summed E-state index contributed by atoms with van der Waals surface area (Å²) in [6, 6.07) is 7.36. The van der Waals surface area contributed by atoms with E-state index in [2.05, 4.69) is 0 Å². The van der Waals surface area contributed by atoms with Crippen molar-refractivity contribution in [3.63, 3.8) is 0 Å². The zero-order chi connectivity index (χ0) is 17.7. The number of hydrogen-bond donors (Lipinski definition) is 2. The molecule has 23 heavy (non-hydrogen) atoms. The number of benzene rings is 1. The summed E-state index contributed by atoms with van der Waals surface area (Å²) in [4.78, 5) is -0.0729. The van der Waals surface area contributed by atoms with Gasteiger partial charge in [-0.05, 0) is 12.1 Å². The first-order valence-electron chi connectivity index (χ1n) is 5.92. The maximum absolute atomic E-state index is 10.7. The smallest absolute Gasteiger partial charge is 0.241 e. The van der Waals surface area contributed by atoms with Crippen molar-refractivity contribution in [1.29, 1.82) is 0 Å². The van der Waals surface area contributed by atoms with Crippen LogP contribution in [0.3, 0.4) is 0 Å². The van der Waals surface area contributed by atoms with Crippen LogP contribution in [0.4, 0.5) is 0 Å². The van der Waals surface area contributed by atoms with Crippen LogP contribution in [0.2, 0.25) is 5.02 Å². The lowest BCUT2D eigenvalue weighted by Crippen LogP contribution is -2.12. The molecule has 0 saturated carbocycles. The highest BCUT2D eigenvalue weighted by atomic mass is 35.5. The van der Waals surface area contributed by atoms with Crippen LogP contribution in [-0.4, -0.2) is 23.9 Å². The zero-order valence-electron chi connectivity index (χ0n) is 12.0. The molecule has 128 valence electrons. The van der Waals surface area contributed by atoms with Crippen molar-refractivity contribution in [1.82, 2.24) is 0 Å². The molecule has 1 heterocycles. The summed E-state index contributed by atoms with van der Waals surface area (Å²) in [5.41, 5.74) is 0. The lowest BCUT2D eigenvalue weighted by Gasteiger charge is -1.98. The maximum Gasteiger partial charge on any atom is 0.241 e. The van der Waals surface area contributed by atoms with Crippen molar-refractivity contribution in [3.8, 4) is 0 Å². The van der Waals surface area contributed by atoms with Gasteiger partial charge in [0.1, 0.15) is 28.4 Å². The second-order valence-electron chi connectivity index (χ2n) is 4.20. The standard InChI is InChI=1S/C6H6ClNO2S.C6H9NO4S/c7-5-3-1-2-4-6(5)11(8,9)10;1-10-3-5-2-6(4-11-5)12(7,8)9/h1-4H,(H2,8,9,10);2,4H,3H2,1H3,(H2,7,8,9). The molecule has 0 spiro atoms. The van der Waals surface area contributed by atoms with Crippen molar-refractivity contribution in [2.24, 2.45) is 10.3 Å². The van der Waals surface area contributed by atoms with E-state index < -0.39 is 20.0 Å². The van der Waals surface area contributed by atoms with Crippen LogP contribution in [0.25, 0.3) is 0 Å². The fourth-order valence-corrected chi connectivity index (χ4v) is 2.95. The molecule has 0 amide bonds. The van der Waals surface area contributed by atoms with Crippen molar-refractivity contribution in [3.05, 3.63) is 47.4 Å². The van der Waals surface area contributed by atoms with E-state index in [0.29, 0.717) is 5.76 Å². The monoisotopic (exact) mass is 382 g/mol. The molecule has 0 aliphatic carbocycles. The molecule has 8 nitrogen and oxygen atoms in total. The highest BCUT2D eigenvalue weighted by Gasteiger charge is 2.11. The van der Waals surface area contributed by atoms with E-state index in [9.17, 15) is 16.8 Å². The Morgan fingerprint density at radius 3 is 2.13 bits per heavy atom. The van der Waals surface area contributed by atoms with Gasteiger partial charge in [0.25, 0.3) is 0 Å². The molecule has 1 aromatic carbocycles. The molecule has 2 aromatic rings. The Balaban J connectivity index is 0.000000231. The van der Waals surface area contributed by atoms with Crippen LogP contribution < -0.4 is 10.3 Å². The Bertz CT molecular complexity index is 861. The quantitative estimate of drug-likeness (QED) is 0.809. The SMILES string of the molecule is COCc1cc(S(N)(=O)=O)co1.NS(=O)(=O)c1ccccc1Cl. The number of halogens is 1. The zero-order valence-corrected chi connectivity index (χ0v) is 14.4. The van der Waals surface area contributed by atoms with Gasteiger partial charge in [0.2, 0.25) is 20.0 Å². The molecule has 0 unspecified atom stereocenters. The lowest BCUT2D eigenvalue weighted by atomic mass is 10.4. The highest BCUT2D eigenvalue weighted by molar-refractivity contribution is 7.89. The van der Waals surface area contributed by atoms with E-state index in [1.807, 2.05) is 0 Å². The molecular weight excluding hydrogens is 368 g/mol. The molecule has 0 saturated heterocycles. The Labute approximate surface area is 139 Å². The number of sulfonamides is 2. The number of methoxy groups -OCH3 is 1. The van der Waals surface area contributed by atoms with Gasteiger partial charge in [-0.15, -0.1) is 0 Å². The summed E-state index contributed by atoms with van der Waals surface area (Å²) in [6.07, 6.45) is 1.09. The Kier molecular flexibility index (Phi) is 6.74. The maximum atomic E-state index is 10.7. The van der Waals surface area contributed by atoms with Crippen LogP contribution in [0.1, 0.15) is 5.76 Å². The first-order valence-corrected chi connectivity index (χ1v) is 9.39. The summed E-state index contributed by atoms with van der Waals surface area (Å²) < 4.78 is 52.5. The Hall–Kier alpha value is -1.43. The van der Waals surface area contributed by atoms with Gasteiger partial charge in [0.05, 0.1) is 5.02 Å². The molecular formula is C12H15ClN2O6S2. The van der Waals surface area contributed by atoms with Gasteiger partial charge >= 0.3 is 0 Å². The Morgan fingerprint density at radius 2 is 1.74 bits per heavy atom. The summed E-state index contributed by atoms with van der Waals surface area (Å²) in [6.45, 7) is 0.232. The highest BCUT2D eigenvalue weighted by Crippen LogP contribution is 2.18. The van der Waals surface area contributed by atoms with Crippen LogP contribution in [0, 0.1) is 0 Å². The van der Waals surface area contributed by atoms with Gasteiger partial charge in [0, 0.05) is 13.2 Å². The van der Waals surface area contributed by atoms with Gasteiger partial charge in [-0.2, -0.15) is 0 Å². The molecule has 1 aromatic heterocycles. The Morgan fingerprint density at radius 1 is 1.13 bits per heavy atom. The normalized spacial score (nSPS) is 11.7. The third-order valence-electron chi connectivity index (χ3n) is 2.39. The average Bonchev–Trinajstić information content (AvgIpc) is 2.88. The molecule has 0 aliphatic heterocycles. The van der Waals surface area contributed by atoms with Crippen LogP contribution in [0.15, 0.2) is 50.8 Å². The molecule has 0 fully saturated rings. The molecule has 4 N–H and O–H groups in total. The summed E-state index contributed by atoms with van der Waals surface area (Å²) in [5, 5.41) is 9.83. The van der Waals surface area contributed by atoms with Crippen molar-refractivity contribution in [2.45, 2.75) is 16.4 Å². The number of furan rings is 1. The first kappa shape index (κ1) is 19.6. The largest absolute Gasteiger partial charge is 0.465 e. The van der Waals surface area contributed by atoms with Crippen molar-refractivity contribution < 1.29 is 26.0 Å². The number of primary sulfonamides is 2.